The van der Waals surface area contributed by atoms with Gasteiger partial charge in [-0.05, 0) is 64.1 Å². The Kier molecular flexibility index (Phi) is 8.00. The van der Waals surface area contributed by atoms with Crippen molar-refractivity contribution in [2.75, 3.05) is 6.54 Å². The molecule has 0 saturated carbocycles. The molecule has 0 aromatic heterocycles. The topological polar surface area (TPSA) is 137 Å². The van der Waals surface area contributed by atoms with E-state index in [0.29, 0.717) is 16.9 Å². The van der Waals surface area contributed by atoms with Crippen LogP contribution in [0.2, 0.25) is 5.02 Å². The van der Waals surface area contributed by atoms with Crippen LogP contribution in [-0.4, -0.2) is 47.9 Å². The smallest absolute Gasteiger partial charge is 0.325 e. The number of hydrogen-bond acceptors (Lipinski definition) is 7. The van der Waals surface area contributed by atoms with Crippen molar-refractivity contribution in [3.8, 4) is 5.75 Å². The Morgan fingerprint density at radius 2 is 1.83 bits per heavy atom. The van der Waals surface area contributed by atoms with E-state index in [9.17, 15) is 23.6 Å². The van der Waals surface area contributed by atoms with Gasteiger partial charge in [0, 0.05) is 16.7 Å². The van der Waals surface area contributed by atoms with Gasteiger partial charge in [-0.1, -0.05) is 11.6 Å². The number of hydrogen-bond donors (Lipinski definition) is 3. The molecule has 1 aliphatic heterocycles. The van der Waals surface area contributed by atoms with Crippen LogP contribution in [0.5, 0.6) is 5.75 Å². The number of benzene rings is 2. The molecule has 1 aliphatic rings. The number of ether oxygens (including phenoxy) is 2. The molecule has 2 amide bonds. The predicted octanol–water partition coefficient (Wildman–Crippen LogP) is 2.70. The van der Waals surface area contributed by atoms with Crippen LogP contribution >= 0.6 is 11.6 Å². The van der Waals surface area contributed by atoms with E-state index in [1.807, 2.05) is 0 Å². The molecule has 3 atom stereocenters. The van der Waals surface area contributed by atoms with E-state index in [2.05, 4.69) is 10.6 Å². The molecule has 0 fully saturated rings. The van der Waals surface area contributed by atoms with Crippen molar-refractivity contribution in [1.82, 2.24) is 10.6 Å². The molecule has 11 heteroatoms. The lowest BCUT2D eigenvalue weighted by Gasteiger charge is -2.44. The first-order valence-electron chi connectivity index (χ1n) is 11.1. The molecule has 4 N–H and O–H groups in total. The summed E-state index contributed by atoms with van der Waals surface area (Å²) >= 11 is 5.84. The Hall–Kier alpha value is -3.50. The van der Waals surface area contributed by atoms with Crippen LogP contribution in [-0.2, 0) is 14.3 Å². The fourth-order valence-electron chi connectivity index (χ4n) is 3.74. The Morgan fingerprint density at radius 3 is 2.44 bits per heavy atom. The monoisotopic (exact) mass is 519 g/mol. The van der Waals surface area contributed by atoms with Crippen LogP contribution in [0, 0.1) is 5.82 Å². The van der Waals surface area contributed by atoms with E-state index >= 15 is 0 Å². The number of ketones is 1. The molecule has 1 heterocycles. The molecule has 0 radical (unpaired) electrons. The zero-order chi connectivity index (χ0) is 26.8. The van der Waals surface area contributed by atoms with Gasteiger partial charge in [-0.3, -0.25) is 19.2 Å². The standard InChI is InChI=1S/C25H27ClFN3O6/c1-12(28)23(33)29-11-20(32)35-22-21(30-24(34)15-5-7-18(27)17(26)10-15)16-9-14(13(2)31)6-8-19(16)36-25(22,3)4/h5-10,12,21-22H,11,28H2,1-4H3,(H,29,33)(H,30,34)/t12-,21+,22-/m0/s1. The van der Waals surface area contributed by atoms with Crippen molar-refractivity contribution in [3.63, 3.8) is 0 Å². The lowest BCUT2D eigenvalue weighted by atomic mass is 9.85. The summed E-state index contributed by atoms with van der Waals surface area (Å²) in [5, 5.41) is 4.94. The maximum absolute atomic E-state index is 13.6. The Bertz CT molecular complexity index is 1220. The minimum atomic E-state index is -1.13. The highest BCUT2D eigenvalue weighted by molar-refractivity contribution is 6.31. The second-order valence-corrected chi connectivity index (χ2v) is 9.42. The Morgan fingerprint density at radius 1 is 1.17 bits per heavy atom. The van der Waals surface area contributed by atoms with Crippen molar-refractivity contribution in [2.24, 2.45) is 5.73 Å². The molecule has 192 valence electrons. The molecule has 3 rings (SSSR count). The molecule has 0 spiro atoms. The zero-order valence-corrected chi connectivity index (χ0v) is 20.9. The summed E-state index contributed by atoms with van der Waals surface area (Å²) in [7, 11) is 0. The number of esters is 1. The van der Waals surface area contributed by atoms with Gasteiger partial charge in [0.25, 0.3) is 5.91 Å². The highest BCUT2D eigenvalue weighted by atomic mass is 35.5. The van der Waals surface area contributed by atoms with Crippen molar-refractivity contribution < 1.29 is 33.0 Å². The fourth-order valence-corrected chi connectivity index (χ4v) is 3.92. The number of amides is 2. The molecule has 2 aromatic carbocycles. The van der Waals surface area contributed by atoms with E-state index in [1.165, 1.54) is 26.0 Å². The number of fused-ring (bicyclic) bond motifs is 1. The number of halogens is 2. The summed E-state index contributed by atoms with van der Waals surface area (Å²) in [6, 6.07) is 6.45. The van der Waals surface area contributed by atoms with E-state index in [-0.39, 0.29) is 16.4 Å². The third kappa shape index (κ3) is 6.00. The summed E-state index contributed by atoms with van der Waals surface area (Å²) in [4.78, 5) is 49.5. The van der Waals surface area contributed by atoms with E-state index in [0.717, 1.165) is 6.07 Å². The SMILES string of the molecule is CC(=O)c1ccc2c(c1)[C@@H](NC(=O)c1ccc(F)c(Cl)c1)[C@H](OC(=O)CNC(=O)[C@H](C)N)C(C)(C)O2. The third-order valence-electron chi connectivity index (χ3n) is 5.66. The number of nitrogens with one attached hydrogen (secondary N) is 2. The molecular formula is C25H27ClFN3O6. The van der Waals surface area contributed by atoms with Crippen LogP contribution in [0.3, 0.4) is 0 Å². The van der Waals surface area contributed by atoms with Gasteiger partial charge in [-0.25, -0.2) is 4.39 Å². The summed E-state index contributed by atoms with van der Waals surface area (Å²) in [5.41, 5.74) is 5.20. The Balaban J connectivity index is 1.98. The second kappa shape index (κ2) is 10.6. The molecule has 9 nitrogen and oxygen atoms in total. The zero-order valence-electron chi connectivity index (χ0n) is 20.2. The van der Waals surface area contributed by atoms with Crippen LogP contribution in [0.25, 0.3) is 0 Å². The van der Waals surface area contributed by atoms with Crippen molar-refractivity contribution >= 4 is 35.2 Å². The summed E-state index contributed by atoms with van der Waals surface area (Å²) in [5.74, 6) is -2.47. The van der Waals surface area contributed by atoms with E-state index in [4.69, 9.17) is 26.8 Å². The van der Waals surface area contributed by atoms with Crippen LogP contribution in [0.1, 0.15) is 60.0 Å². The first-order chi connectivity index (χ1) is 16.8. The van der Waals surface area contributed by atoms with Crippen LogP contribution in [0.15, 0.2) is 36.4 Å². The lowest BCUT2D eigenvalue weighted by molar-refractivity contribution is -0.164. The van der Waals surface area contributed by atoms with E-state index < -0.39 is 53.9 Å². The van der Waals surface area contributed by atoms with Gasteiger partial charge in [0.2, 0.25) is 5.91 Å². The number of nitrogens with two attached hydrogens (primary N) is 1. The number of rotatable bonds is 7. The van der Waals surface area contributed by atoms with Gasteiger partial charge in [0.15, 0.2) is 11.9 Å². The van der Waals surface area contributed by atoms with Crippen molar-refractivity contribution in [3.05, 3.63) is 63.9 Å². The fraction of sp³-hybridized carbons (Fsp3) is 0.360. The lowest BCUT2D eigenvalue weighted by Crippen LogP contribution is -2.56. The van der Waals surface area contributed by atoms with E-state index in [1.54, 1.807) is 32.0 Å². The highest BCUT2D eigenvalue weighted by Gasteiger charge is 2.47. The maximum atomic E-state index is 13.6. The minimum Gasteiger partial charge on any atom is -0.484 e. The molecule has 0 unspecified atom stereocenters. The summed E-state index contributed by atoms with van der Waals surface area (Å²) in [6.07, 6.45) is -1.08. The molecule has 0 saturated heterocycles. The first kappa shape index (κ1) is 27.1. The van der Waals surface area contributed by atoms with Gasteiger partial charge < -0.3 is 25.8 Å². The van der Waals surface area contributed by atoms with Crippen molar-refractivity contribution in [1.29, 1.82) is 0 Å². The predicted molar refractivity (Wildman–Crippen MR) is 129 cm³/mol. The number of Topliss-reactive ketones (excluding diaryl/α,β-unsaturated/α-hetero) is 1. The van der Waals surface area contributed by atoms with Crippen LogP contribution < -0.4 is 21.1 Å². The highest BCUT2D eigenvalue weighted by Crippen LogP contribution is 2.42. The summed E-state index contributed by atoms with van der Waals surface area (Å²) in [6.45, 7) is 5.74. The van der Waals surface area contributed by atoms with Gasteiger partial charge in [-0.15, -0.1) is 0 Å². The Labute approximate surface area is 212 Å². The largest absolute Gasteiger partial charge is 0.484 e. The van der Waals surface area contributed by atoms with Gasteiger partial charge in [-0.2, -0.15) is 0 Å². The normalized spacial score (nSPS) is 18.8. The number of carbonyl (C=O) groups excluding carboxylic acids is 4. The minimum absolute atomic E-state index is 0.0734. The summed E-state index contributed by atoms with van der Waals surface area (Å²) < 4.78 is 25.4. The molecule has 0 aliphatic carbocycles. The van der Waals surface area contributed by atoms with Gasteiger partial charge >= 0.3 is 5.97 Å². The third-order valence-corrected chi connectivity index (χ3v) is 5.95. The van der Waals surface area contributed by atoms with Crippen LogP contribution in [0.4, 0.5) is 4.39 Å². The van der Waals surface area contributed by atoms with Gasteiger partial charge in [0.05, 0.1) is 17.1 Å². The van der Waals surface area contributed by atoms with Gasteiger partial charge in [0.1, 0.15) is 23.7 Å². The average Bonchev–Trinajstić information content (AvgIpc) is 2.80. The molecular weight excluding hydrogens is 493 g/mol. The molecule has 0 bridgehead atoms. The molecule has 2 aromatic rings. The molecule has 36 heavy (non-hydrogen) atoms. The average molecular weight is 520 g/mol. The second-order valence-electron chi connectivity index (χ2n) is 9.01. The first-order valence-corrected chi connectivity index (χ1v) is 11.5. The number of carbonyl (C=O) groups is 4. The quantitative estimate of drug-likeness (QED) is 0.378. The van der Waals surface area contributed by atoms with Crippen molar-refractivity contribution in [2.45, 2.75) is 51.5 Å². The maximum Gasteiger partial charge on any atom is 0.325 e.